The molecular formula is C19H17Cl2N3O3. The van der Waals surface area contributed by atoms with E-state index in [4.69, 9.17) is 23.2 Å². The molecule has 6 nitrogen and oxygen atoms in total. The van der Waals surface area contributed by atoms with Crippen molar-refractivity contribution < 1.29 is 4.79 Å². The maximum atomic E-state index is 13.0. The number of ketones is 1. The molecule has 1 aliphatic heterocycles. The summed E-state index contributed by atoms with van der Waals surface area (Å²) in [4.78, 5) is 38.3. The smallest absolute Gasteiger partial charge is 0.332 e. The number of nitrogens with zero attached hydrogens (tertiary/aromatic N) is 2. The number of anilines is 1. The Morgan fingerprint density at radius 1 is 1.07 bits per heavy atom. The minimum Gasteiger partial charge on any atom is -0.344 e. The molecule has 0 bridgehead atoms. The van der Waals surface area contributed by atoms with E-state index in [2.05, 4.69) is 5.32 Å². The highest BCUT2D eigenvalue weighted by Crippen LogP contribution is 2.46. The van der Waals surface area contributed by atoms with Gasteiger partial charge in [0.15, 0.2) is 5.78 Å². The van der Waals surface area contributed by atoms with Gasteiger partial charge in [0.05, 0.1) is 15.6 Å². The van der Waals surface area contributed by atoms with Crippen LogP contribution in [0.15, 0.2) is 39.1 Å². The van der Waals surface area contributed by atoms with Crippen molar-refractivity contribution in [3.05, 3.63) is 71.5 Å². The largest absolute Gasteiger partial charge is 0.344 e. The predicted octanol–water partition coefficient (Wildman–Crippen LogP) is 2.96. The van der Waals surface area contributed by atoms with Gasteiger partial charge in [0.25, 0.3) is 5.56 Å². The van der Waals surface area contributed by atoms with Crippen molar-refractivity contribution in [2.45, 2.75) is 25.2 Å². The number of benzene rings is 1. The number of allylic oxidation sites excluding steroid dienone is 2. The van der Waals surface area contributed by atoms with Crippen LogP contribution < -0.4 is 16.6 Å². The van der Waals surface area contributed by atoms with E-state index < -0.39 is 17.2 Å². The lowest BCUT2D eigenvalue weighted by atomic mass is 9.76. The van der Waals surface area contributed by atoms with Crippen molar-refractivity contribution in [1.29, 1.82) is 0 Å². The topological polar surface area (TPSA) is 73.1 Å². The van der Waals surface area contributed by atoms with Gasteiger partial charge < -0.3 is 5.32 Å². The molecule has 1 aromatic carbocycles. The van der Waals surface area contributed by atoms with Crippen LogP contribution in [0.25, 0.3) is 0 Å². The maximum absolute atomic E-state index is 13.0. The zero-order valence-corrected chi connectivity index (χ0v) is 16.3. The van der Waals surface area contributed by atoms with Crippen molar-refractivity contribution in [2.24, 2.45) is 14.1 Å². The number of hydrogen-bond acceptors (Lipinski definition) is 4. The van der Waals surface area contributed by atoms with Crippen LogP contribution in [-0.4, -0.2) is 14.9 Å². The fourth-order valence-electron chi connectivity index (χ4n) is 3.95. The lowest BCUT2D eigenvalue weighted by molar-refractivity contribution is -0.116. The van der Waals surface area contributed by atoms with Crippen molar-refractivity contribution >= 4 is 34.8 Å². The SMILES string of the molecule is Cn1c2c(c(=O)n(C)c1=O)C(c1cccc(Cl)c1Cl)C1=C(CCCC1=O)N2. The van der Waals surface area contributed by atoms with Gasteiger partial charge in [-0.1, -0.05) is 35.3 Å². The summed E-state index contributed by atoms with van der Waals surface area (Å²) in [5.74, 6) is -0.287. The molecule has 4 rings (SSSR count). The number of hydrogen-bond donors (Lipinski definition) is 1. The Kier molecular flexibility index (Phi) is 4.28. The highest BCUT2D eigenvalue weighted by Gasteiger charge is 2.39. The van der Waals surface area contributed by atoms with Crippen LogP contribution in [-0.2, 0) is 18.9 Å². The van der Waals surface area contributed by atoms with E-state index in [0.29, 0.717) is 45.4 Å². The van der Waals surface area contributed by atoms with Crippen LogP contribution in [0.1, 0.15) is 36.3 Å². The van der Waals surface area contributed by atoms with Crippen LogP contribution in [0.5, 0.6) is 0 Å². The number of halogens is 2. The highest BCUT2D eigenvalue weighted by atomic mass is 35.5. The van der Waals surface area contributed by atoms with Crippen LogP contribution >= 0.6 is 23.2 Å². The molecule has 2 heterocycles. The summed E-state index contributed by atoms with van der Waals surface area (Å²) in [5.41, 5.74) is 1.31. The number of fused-ring (bicyclic) bond motifs is 1. The first kappa shape index (κ1) is 18.1. The maximum Gasteiger partial charge on any atom is 0.332 e. The standard InChI is InChI=1S/C19H17Cl2N3O3/c1-23-17-15(18(26)24(2)19(23)27)13(9-5-3-6-10(20)16(9)21)14-11(22-17)7-4-8-12(14)25/h3,5-6,13,22H,4,7-8H2,1-2H3. The van der Waals surface area contributed by atoms with Crippen molar-refractivity contribution in [1.82, 2.24) is 9.13 Å². The van der Waals surface area contributed by atoms with Gasteiger partial charge >= 0.3 is 5.69 Å². The molecule has 1 aliphatic carbocycles. The normalized spacial score (nSPS) is 18.8. The summed E-state index contributed by atoms with van der Waals surface area (Å²) in [6, 6.07) is 5.17. The quantitative estimate of drug-likeness (QED) is 0.791. The van der Waals surface area contributed by atoms with E-state index in [1.54, 1.807) is 25.2 Å². The zero-order valence-electron chi connectivity index (χ0n) is 14.8. The van der Waals surface area contributed by atoms with Gasteiger partial charge in [0, 0.05) is 37.7 Å². The summed E-state index contributed by atoms with van der Waals surface area (Å²) in [6.45, 7) is 0. The fraction of sp³-hybridized carbons (Fsp3) is 0.316. The molecule has 2 aromatic rings. The van der Waals surface area contributed by atoms with Crippen molar-refractivity contribution in [3.8, 4) is 0 Å². The third-order valence-corrected chi connectivity index (χ3v) is 6.13. The van der Waals surface area contributed by atoms with Crippen molar-refractivity contribution in [2.75, 3.05) is 5.32 Å². The van der Waals surface area contributed by atoms with Gasteiger partial charge in [-0.05, 0) is 24.5 Å². The summed E-state index contributed by atoms with van der Waals surface area (Å²) in [6.07, 6.45) is 1.80. The number of carbonyl (C=O) groups excluding carboxylic acids is 1. The number of aromatic nitrogens is 2. The van der Waals surface area contributed by atoms with E-state index in [-0.39, 0.29) is 5.78 Å². The molecular weight excluding hydrogens is 389 g/mol. The summed E-state index contributed by atoms with van der Waals surface area (Å²) < 4.78 is 2.44. The molecule has 0 fully saturated rings. The van der Waals surface area contributed by atoms with Gasteiger partial charge in [0.2, 0.25) is 0 Å². The van der Waals surface area contributed by atoms with E-state index in [1.165, 1.54) is 11.6 Å². The van der Waals surface area contributed by atoms with Gasteiger partial charge in [-0.2, -0.15) is 0 Å². The minimum absolute atomic E-state index is 0.0219. The van der Waals surface area contributed by atoms with Crippen LogP contribution in [0.2, 0.25) is 10.0 Å². The Morgan fingerprint density at radius 2 is 1.81 bits per heavy atom. The van der Waals surface area contributed by atoms with Gasteiger partial charge in [-0.25, -0.2) is 4.79 Å². The number of nitrogens with one attached hydrogen (secondary N) is 1. The molecule has 1 aromatic heterocycles. The second-order valence-corrected chi connectivity index (χ2v) is 7.62. The summed E-state index contributed by atoms with van der Waals surface area (Å²) in [5, 5.41) is 3.82. The van der Waals surface area contributed by atoms with E-state index in [9.17, 15) is 14.4 Å². The fourth-order valence-corrected chi connectivity index (χ4v) is 4.37. The molecule has 1 atom stereocenters. The average Bonchev–Trinajstić information content (AvgIpc) is 2.65. The Morgan fingerprint density at radius 3 is 2.56 bits per heavy atom. The Balaban J connectivity index is 2.13. The molecule has 0 saturated heterocycles. The monoisotopic (exact) mass is 405 g/mol. The van der Waals surface area contributed by atoms with Gasteiger partial charge in [-0.3, -0.25) is 18.7 Å². The molecule has 8 heteroatoms. The zero-order chi connectivity index (χ0) is 19.5. The molecule has 0 spiro atoms. The highest BCUT2D eigenvalue weighted by molar-refractivity contribution is 6.42. The molecule has 1 unspecified atom stereocenters. The average molecular weight is 406 g/mol. The summed E-state index contributed by atoms with van der Waals surface area (Å²) in [7, 11) is 3.02. The molecule has 2 aliphatic rings. The Hall–Kier alpha value is -2.31. The first-order valence-corrected chi connectivity index (χ1v) is 9.35. The van der Waals surface area contributed by atoms with Gasteiger partial charge in [0.1, 0.15) is 5.82 Å². The predicted molar refractivity (Wildman–Crippen MR) is 105 cm³/mol. The number of rotatable bonds is 1. The van der Waals surface area contributed by atoms with Crippen LogP contribution in [0.4, 0.5) is 5.82 Å². The third-order valence-electron chi connectivity index (χ3n) is 5.29. The van der Waals surface area contributed by atoms with E-state index in [0.717, 1.165) is 16.7 Å². The first-order chi connectivity index (χ1) is 12.8. The minimum atomic E-state index is -0.666. The Labute approximate surface area is 165 Å². The van der Waals surface area contributed by atoms with Crippen LogP contribution in [0.3, 0.4) is 0 Å². The molecule has 27 heavy (non-hydrogen) atoms. The lowest BCUT2D eigenvalue weighted by Crippen LogP contribution is -2.44. The van der Waals surface area contributed by atoms with Gasteiger partial charge in [-0.15, -0.1) is 0 Å². The van der Waals surface area contributed by atoms with E-state index in [1.807, 2.05) is 0 Å². The third kappa shape index (κ3) is 2.58. The van der Waals surface area contributed by atoms with Crippen LogP contribution in [0, 0.1) is 0 Å². The molecule has 140 valence electrons. The number of Topliss-reactive ketones (excluding diaryl/α,β-unsaturated/α-hetero) is 1. The molecule has 0 amide bonds. The number of carbonyl (C=O) groups is 1. The molecule has 0 saturated carbocycles. The molecule has 0 radical (unpaired) electrons. The second kappa shape index (κ2) is 6.39. The Bertz CT molecular complexity index is 1140. The second-order valence-electron chi connectivity index (χ2n) is 6.84. The summed E-state index contributed by atoms with van der Waals surface area (Å²) >= 11 is 12.7. The first-order valence-electron chi connectivity index (χ1n) is 8.60. The van der Waals surface area contributed by atoms with Crippen molar-refractivity contribution in [3.63, 3.8) is 0 Å². The molecule has 1 N–H and O–H groups in total. The van der Waals surface area contributed by atoms with E-state index >= 15 is 0 Å². The lowest BCUT2D eigenvalue weighted by Gasteiger charge is -2.34.